The summed E-state index contributed by atoms with van der Waals surface area (Å²) in [4.78, 5) is 28.6. The Morgan fingerprint density at radius 1 is 1.16 bits per heavy atom. The molecule has 0 atom stereocenters. The van der Waals surface area contributed by atoms with Crippen LogP contribution in [-0.2, 0) is 17.8 Å². The summed E-state index contributed by atoms with van der Waals surface area (Å²) < 4.78 is 20.3. The molecule has 2 heterocycles. The van der Waals surface area contributed by atoms with Crippen LogP contribution in [0.2, 0.25) is 0 Å². The summed E-state index contributed by atoms with van der Waals surface area (Å²) in [5.74, 6) is 0.0800. The Morgan fingerprint density at radius 3 is 2.71 bits per heavy atom. The first-order valence-electron chi connectivity index (χ1n) is 9.74. The fourth-order valence-corrected chi connectivity index (χ4v) is 3.39. The van der Waals surface area contributed by atoms with E-state index in [4.69, 9.17) is 4.74 Å². The molecule has 0 saturated heterocycles. The van der Waals surface area contributed by atoms with Crippen LogP contribution in [0, 0.1) is 19.7 Å². The van der Waals surface area contributed by atoms with Crippen LogP contribution >= 0.6 is 0 Å². The second-order valence-electron chi connectivity index (χ2n) is 7.24. The molecule has 8 heteroatoms. The molecule has 0 radical (unpaired) electrons. The zero-order valence-corrected chi connectivity index (χ0v) is 17.1. The molecule has 1 amide bonds. The number of hydrogen-bond donors (Lipinski definition) is 2. The summed E-state index contributed by atoms with van der Waals surface area (Å²) in [6, 6.07) is 14.6. The molecular weight excluding hydrogens is 399 g/mol. The topological polar surface area (TPSA) is 88.5 Å². The Morgan fingerprint density at radius 2 is 1.94 bits per heavy atom. The first-order valence-corrected chi connectivity index (χ1v) is 9.74. The van der Waals surface area contributed by atoms with Crippen LogP contribution < -0.4 is 15.6 Å². The zero-order chi connectivity index (χ0) is 22.0. The highest BCUT2D eigenvalue weighted by atomic mass is 19.1. The van der Waals surface area contributed by atoms with Crippen molar-refractivity contribution in [2.24, 2.45) is 0 Å². The number of aromatic amines is 1. The third kappa shape index (κ3) is 4.63. The maximum atomic E-state index is 13.0. The number of amides is 1. The number of H-pyrrole nitrogens is 1. The standard InChI is InChI=1S/C23H21FN4O3/c1-14-20(15(2)28-21(25-14)12-23(30)27-28)11-22(29)26-18-4-3-5-19(10-18)31-13-16-6-8-17(24)9-7-16/h3-10,12H,11,13H2,1-2H3,(H,26,29)(H,27,30). The normalized spacial score (nSPS) is 10.9. The molecule has 0 bridgehead atoms. The second kappa shape index (κ2) is 8.43. The average Bonchev–Trinajstić information content (AvgIpc) is 3.11. The third-order valence-electron chi connectivity index (χ3n) is 4.98. The van der Waals surface area contributed by atoms with E-state index in [9.17, 15) is 14.0 Å². The summed E-state index contributed by atoms with van der Waals surface area (Å²) >= 11 is 0. The maximum absolute atomic E-state index is 13.0. The summed E-state index contributed by atoms with van der Waals surface area (Å²) in [6.07, 6.45) is 0.113. The van der Waals surface area contributed by atoms with E-state index in [1.54, 1.807) is 40.9 Å². The van der Waals surface area contributed by atoms with Crippen molar-refractivity contribution in [1.82, 2.24) is 14.6 Å². The lowest BCUT2D eigenvalue weighted by atomic mass is 10.1. The summed E-state index contributed by atoms with van der Waals surface area (Å²) in [5, 5.41) is 5.55. The average molecular weight is 420 g/mol. The molecule has 0 unspecified atom stereocenters. The number of fused-ring (bicyclic) bond motifs is 1. The van der Waals surface area contributed by atoms with E-state index in [-0.39, 0.29) is 30.3 Å². The first-order chi connectivity index (χ1) is 14.9. The lowest BCUT2D eigenvalue weighted by Gasteiger charge is -2.12. The molecule has 158 valence electrons. The number of ether oxygens (including phenoxy) is 1. The van der Waals surface area contributed by atoms with Crippen molar-refractivity contribution in [1.29, 1.82) is 0 Å². The Balaban J connectivity index is 1.44. The molecule has 4 rings (SSSR count). The van der Waals surface area contributed by atoms with Crippen molar-refractivity contribution in [2.45, 2.75) is 26.9 Å². The Labute approximate surface area is 177 Å². The van der Waals surface area contributed by atoms with Gasteiger partial charge in [-0.05, 0) is 43.7 Å². The van der Waals surface area contributed by atoms with Gasteiger partial charge in [0.2, 0.25) is 5.91 Å². The molecule has 0 spiro atoms. The Kier molecular flexibility index (Phi) is 5.53. The maximum Gasteiger partial charge on any atom is 0.266 e. The highest BCUT2D eigenvalue weighted by molar-refractivity contribution is 5.92. The lowest BCUT2D eigenvalue weighted by Crippen LogP contribution is -2.18. The number of aryl methyl sites for hydroxylation is 2. The predicted molar refractivity (Wildman–Crippen MR) is 115 cm³/mol. The van der Waals surface area contributed by atoms with Gasteiger partial charge in [-0.3, -0.25) is 14.7 Å². The van der Waals surface area contributed by atoms with E-state index in [0.717, 1.165) is 16.8 Å². The smallest absolute Gasteiger partial charge is 0.266 e. The predicted octanol–water partition coefficient (Wildman–Crippen LogP) is 3.54. The van der Waals surface area contributed by atoms with Gasteiger partial charge < -0.3 is 10.1 Å². The van der Waals surface area contributed by atoms with Crippen molar-refractivity contribution >= 4 is 17.2 Å². The number of anilines is 1. The molecule has 7 nitrogen and oxygen atoms in total. The lowest BCUT2D eigenvalue weighted by molar-refractivity contribution is -0.115. The van der Waals surface area contributed by atoms with Crippen molar-refractivity contribution in [3.8, 4) is 5.75 Å². The summed E-state index contributed by atoms with van der Waals surface area (Å²) in [7, 11) is 0. The van der Waals surface area contributed by atoms with Crippen LogP contribution in [0.25, 0.3) is 5.65 Å². The second-order valence-corrected chi connectivity index (χ2v) is 7.24. The molecule has 2 aromatic carbocycles. The van der Waals surface area contributed by atoms with Gasteiger partial charge in [0.1, 0.15) is 18.2 Å². The molecule has 0 aliphatic heterocycles. The van der Waals surface area contributed by atoms with Gasteiger partial charge >= 0.3 is 0 Å². The molecule has 4 aromatic rings. The van der Waals surface area contributed by atoms with Crippen molar-refractivity contribution < 1.29 is 13.9 Å². The molecule has 0 saturated carbocycles. The van der Waals surface area contributed by atoms with Crippen LogP contribution in [0.3, 0.4) is 0 Å². The minimum Gasteiger partial charge on any atom is -0.489 e. The molecule has 2 N–H and O–H groups in total. The van der Waals surface area contributed by atoms with Crippen molar-refractivity contribution in [3.63, 3.8) is 0 Å². The quantitative estimate of drug-likeness (QED) is 0.499. The van der Waals surface area contributed by atoms with E-state index in [0.29, 0.717) is 22.8 Å². The van der Waals surface area contributed by atoms with Gasteiger partial charge in [-0.2, -0.15) is 0 Å². The number of carbonyl (C=O) groups excluding carboxylic acids is 1. The SMILES string of the molecule is Cc1nc2cc(=O)[nH]n2c(C)c1CC(=O)Nc1cccc(OCc2ccc(F)cc2)c1. The van der Waals surface area contributed by atoms with Crippen molar-refractivity contribution in [2.75, 3.05) is 5.32 Å². The Hall–Kier alpha value is -3.94. The van der Waals surface area contributed by atoms with Crippen LogP contribution in [0.15, 0.2) is 59.4 Å². The highest BCUT2D eigenvalue weighted by Gasteiger charge is 2.14. The number of nitrogens with zero attached hydrogens (tertiary/aromatic N) is 2. The molecule has 0 aliphatic carbocycles. The van der Waals surface area contributed by atoms with E-state index >= 15 is 0 Å². The molecule has 0 aliphatic rings. The van der Waals surface area contributed by atoms with E-state index in [2.05, 4.69) is 15.4 Å². The van der Waals surface area contributed by atoms with Crippen molar-refractivity contribution in [3.05, 3.63) is 93.3 Å². The number of aromatic nitrogens is 3. The van der Waals surface area contributed by atoms with Crippen LogP contribution in [0.1, 0.15) is 22.5 Å². The van der Waals surface area contributed by atoms with Crippen LogP contribution in [0.4, 0.5) is 10.1 Å². The minimum absolute atomic E-state index is 0.113. The molecule has 2 aromatic heterocycles. The number of carbonyl (C=O) groups is 1. The van der Waals surface area contributed by atoms with Gasteiger partial charge in [-0.1, -0.05) is 18.2 Å². The fraction of sp³-hybridized carbons (Fsp3) is 0.174. The minimum atomic E-state index is -0.295. The van der Waals surface area contributed by atoms with Gasteiger partial charge in [0.15, 0.2) is 5.65 Å². The molecule has 31 heavy (non-hydrogen) atoms. The van der Waals surface area contributed by atoms with Crippen LogP contribution in [-0.4, -0.2) is 20.5 Å². The largest absolute Gasteiger partial charge is 0.489 e. The summed E-state index contributed by atoms with van der Waals surface area (Å²) in [6.45, 7) is 3.94. The number of halogens is 1. The van der Waals surface area contributed by atoms with Gasteiger partial charge in [-0.25, -0.2) is 13.9 Å². The van der Waals surface area contributed by atoms with E-state index in [1.165, 1.54) is 18.2 Å². The van der Waals surface area contributed by atoms with Gasteiger partial charge in [0, 0.05) is 34.8 Å². The van der Waals surface area contributed by atoms with Gasteiger partial charge in [0.05, 0.1) is 6.42 Å². The highest BCUT2D eigenvalue weighted by Crippen LogP contribution is 2.20. The van der Waals surface area contributed by atoms with E-state index < -0.39 is 0 Å². The van der Waals surface area contributed by atoms with Crippen LogP contribution in [0.5, 0.6) is 5.75 Å². The third-order valence-corrected chi connectivity index (χ3v) is 4.98. The number of nitrogens with one attached hydrogen (secondary N) is 2. The fourth-order valence-electron chi connectivity index (χ4n) is 3.39. The summed E-state index contributed by atoms with van der Waals surface area (Å²) in [5.41, 5.74) is 3.93. The number of benzene rings is 2. The first kappa shape index (κ1) is 20.3. The molecular formula is C23H21FN4O3. The monoisotopic (exact) mass is 420 g/mol. The van der Waals surface area contributed by atoms with E-state index in [1.807, 2.05) is 13.8 Å². The Bertz CT molecular complexity index is 1310. The van der Waals surface area contributed by atoms with Gasteiger partial charge in [0.25, 0.3) is 5.56 Å². The zero-order valence-electron chi connectivity index (χ0n) is 17.1. The number of rotatable bonds is 6. The molecule has 0 fully saturated rings. The number of hydrogen-bond acceptors (Lipinski definition) is 4. The van der Waals surface area contributed by atoms with Gasteiger partial charge in [-0.15, -0.1) is 0 Å².